The van der Waals surface area contributed by atoms with Gasteiger partial charge in [-0.25, -0.2) is 8.78 Å². The third kappa shape index (κ3) is 2.94. The highest BCUT2D eigenvalue weighted by Gasteiger charge is 2.30. The van der Waals surface area contributed by atoms with Crippen LogP contribution in [0.15, 0.2) is 24.3 Å². The predicted molar refractivity (Wildman–Crippen MR) is 65.4 cm³/mol. The third-order valence-electron chi connectivity index (χ3n) is 3.42. The molecule has 2 rings (SSSR count). The molecule has 1 aromatic carbocycles. The van der Waals surface area contributed by atoms with E-state index < -0.39 is 5.67 Å². The third-order valence-corrected chi connectivity index (χ3v) is 3.42. The molecular formula is C13H18F2N2. The van der Waals surface area contributed by atoms with Gasteiger partial charge in [-0.2, -0.15) is 0 Å². The highest BCUT2D eigenvalue weighted by molar-refractivity contribution is 5.46. The molecule has 0 aromatic heterocycles. The van der Waals surface area contributed by atoms with Gasteiger partial charge in [0, 0.05) is 31.7 Å². The van der Waals surface area contributed by atoms with Crippen molar-refractivity contribution in [2.24, 2.45) is 5.73 Å². The van der Waals surface area contributed by atoms with Crippen LogP contribution in [-0.4, -0.2) is 25.3 Å². The topological polar surface area (TPSA) is 29.3 Å². The van der Waals surface area contributed by atoms with E-state index in [4.69, 9.17) is 5.73 Å². The second-order valence-electron chi connectivity index (χ2n) is 4.68. The minimum Gasteiger partial charge on any atom is -0.371 e. The molecule has 1 aromatic rings. The van der Waals surface area contributed by atoms with Crippen LogP contribution >= 0.6 is 0 Å². The Labute approximate surface area is 100 Å². The van der Waals surface area contributed by atoms with Crippen LogP contribution < -0.4 is 10.6 Å². The Kier molecular flexibility index (Phi) is 3.62. The largest absolute Gasteiger partial charge is 0.371 e. The summed E-state index contributed by atoms with van der Waals surface area (Å²) in [5.41, 5.74) is 5.04. The zero-order chi connectivity index (χ0) is 12.3. The van der Waals surface area contributed by atoms with Gasteiger partial charge in [-0.15, -0.1) is 0 Å². The van der Waals surface area contributed by atoms with E-state index in [0.29, 0.717) is 19.4 Å². The van der Waals surface area contributed by atoms with Crippen LogP contribution in [-0.2, 0) is 0 Å². The Morgan fingerprint density at radius 1 is 1.29 bits per heavy atom. The van der Waals surface area contributed by atoms with Gasteiger partial charge in [0.15, 0.2) is 0 Å². The molecule has 4 heteroatoms. The smallest absolute Gasteiger partial charge is 0.125 e. The fourth-order valence-electron chi connectivity index (χ4n) is 2.29. The molecule has 2 N–H and O–H groups in total. The summed E-state index contributed by atoms with van der Waals surface area (Å²) in [4.78, 5) is 2.03. The number of rotatable bonds is 2. The van der Waals surface area contributed by atoms with Gasteiger partial charge in [0.1, 0.15) is 11.5 Å². The second kappa shape index (κ2) is 5.00. The van der Waals surface area contributed by atoms with Crippen molar-refractivity contribution >= 4 is 5.69 Å². The van der Waals surface area contributed by atoms with E-state index in [-0.39, 0.29) is 12.4 Å². The summed E-state index contributed by atoms with van der Waals surface area (Å²) in [7, 11) is 0. The van der Waals surface area contributed by atoms with E-state index in [1.54, 1.807) is 6.07 Å². The lowest BCUT2D eigenvalue weighted by molar-refractivity contribution is 0.155. The number of nitrogens with zero attached hydrogens (tertiary/aromatic N) is 1. The predicted octanol–water partition coefficient (Wildman–Crippen LogP) is 2.48. The van der Waals surface area contributed by atoms with Crippen molar-refractivity contribution in [3.8, 4) is 0 Å². The van der Waals surface area contributed by atoms with Gasteiger partial charge in [0.05, 0.1) is 0 Å². The number of halogens is 2. The van der Waals surface area contributed by atoms with Gasteiger partial charge in [-0.05, 0) is 31.0 Å². The summed E-state index contributed by atoms with van der Waals surface area (Å²) in [6, 6.07) is 6.45. The molecule has 1 unspecified atom stereocenters. The second-order valence-corrected chi connectivity index (χ2v) is 4.68. The van der Waals surface area contributed by atoms with Gasteiger partial charge in [-0.3, -0.25) is 0 Å². The average molecular weight is 240 g/mol. The molecule has 0 radical (unpaired) electrons. The lowest BCUT2D eigenvalue weighted by atomic mass is 9.97. The molecule has 0 amide bonds. The van der Waals surface area contributed by atoms with Gasteiger partial charge in [-0.1, -0.05) is 6.07 Å². The molecule has 1 atom stereocenters. The fourth-order valence-corrected chi connectivity index (χ4v) is 2.29. The number of hydrogen-bond donors (Lipinski definition) is 1. The summed E-state index contributed by atoms with van der Waals surface area (Å²) in [5, 5.41) is 0. The van der Waals surface area contributed by atoms with Crippen LogP contribution in [0.3, 0.4) is 0 Å². The first kappa shape index (κ1) is 12.3. The van der Waals surface area contributed by atoms with E-state index >= 15 is 0 Å². The summed E-state index contributed by atoms with van der Waals surface area (Å²) >= 11 is 0. The van der Waals surface area contributed by atoms with Crippen LogP contribution in [0.2, 0.25) is 0 Å². The maximum Gasteiger partial charge on any atom is 0.125 e. The maximum atomic E-state index is 14.1. The van der Waals surface area contributed by atoms with Crippen LogP contribution in [0.1, 0.15) is 19.3 Å². The van der Waals surface area contributed by atoms with Crippen LogP contribution in [0, 0.1) is 5.82 Å². The Hall–Kier alpha value is -1.16. The molecule has 1 heterocycles. The highest BCUT2D eigenvalue weighted by atomic mass is 19.1. The van der Waals surface area contributed by atoms with E-state index in [1.165, 1.54) is 12.1 Å². The highest BCUT2D eigenvalue weighted by Crippen LogP contribution is 2.28. The number of anilines is 1. The van der Waals surface area contributed by atoms with E-state index in [2.05, 4.69) is 0 Å². The van der Waals surface area contributed by atoms with Crippen LogP contribution in [0.25, 0.3) is 0 Å². The minimum atomic E-state index is -1.25. The van der Waals surface area contributed by atoms with E-state index in [9.17, 15) is 8.78 Å². The Morgan fingerprint density at radius 2 is 2.12 bits per heavy atom. The first-order valence-corrected chi connectivity index (χ1v) is 6.02. The van der Waals surface area contributed by atoms with Crippen molar-refractivity contribution in [2.75, 3.05) is 24.5 Å². The summed E-state index contributed by atoms with van der Waals surface area (Å²) < 4.78 is 27.2. The summed E-state index contributed by atoms with van der Waals surface area (Å²) in [6.07, 6.45) is 1.67. The van der Waals surface area contributed by atoms with Crippen LogP contribution in [0.5, 0.6) is 0 Å². The molecular weight excluding hydrogens is 222 g/mol. The minimum absolute atomic E-state index is 0.0734. The average Bonchev–Trinajstić information content (AvgIpc) is 2.52. The van der Waals surface area contributed by atoms with Crippen molar-refractivity contribution < 1.29 is 8.78 Å². The molecule has 1 aliphatic rings. The molecule has 2 nitrogen and oxygen atoms in total. The molecule has 1 saturated heterocycles. The molecule has 0 saturated carbocycles. The quantitative estimate of drug-likeness (QED) is 0.860. The zero-order valence-corrected chi connectivity index (χ0v) is 9.83. The molecule has 0 aliphatic carbocycles. The summed E-state index contributed by atoms with van der Waals surface area (Å²) in [5.74, 6) is -0.253. The molecule has 17 heavy (non-hydrogen) atoms. The Morgan fingerprint density at radius 3 is 2.82 bits per heavy atom. The van der Waals surface area contributed by atoms with Gasteiger partial charge >= 0.3 is 0 Å². The zero-order valence-electron chi connectivity index (χ0n) is 9.83. The Bertz CT molecular complexity index is 383. The van der Waals surface area contributed by atoms with Crippen LogP contribution in [0.4, 0.5) is 14.5 Å². The first-order chi connectivity index (χ1) is 8.13. The van der Waals surface area contributed by atoms with Crippen molar-refractivity contribution in [3.63, 3.8) is 0 Å². The van der Waals surface area contributed by atoms with Crippen molar-refractivity contribution in [1.82, 2.24) is 0 Å². The van der Waals surface area contributed by atoms with Crippen molar-refractivity contribution in [3.05, 3.63) is 30.1 Å². The maximum absolute atomic E-state index is 14.1. The van der Waals surface area contributed by atoms with Gasteiger partial charge in [0.25, 0.3) is 0 Å². The first-order valence-electron chi connectivity index (χ1n) is 6.02. The van der Waals surface area contributed by atoms with Crippen molar-refractivity contribution in [2.45, 2.75) is 24.9 Å². The SMILES string of the molecule is NCC1(F)CCCN(c2cccc(F)c2)CC1. The number of nitrogens with two attached hydrogens (primary N) is 1. The standard InChI is InChI=1S/C13H18F2N2/c14-11-3-1-4-12(9-11)17-7-2-5-13(15,10-16)6-8-17/h1,3-4,9H,2,5-8,10,16H2. The lowest BCUT2D eigenvalue weighted by Gasteiger charge is -2.24. The van der Waals surface area contributed by atoms with E-state index in [1.807, 2.05) is 11.0 Å². The van der Waals surface area contributed by atoms with Gasteiger partial charge < -0.3 is 10.6 Å². The van der Waals surface area contributed by atoms with Crippen molar-refractivity contribution in [1.29, 1.82) is 0 Å². The Balaban J connectivity index is 2.09. The molecule has 1 aliphatic heterocycles. The number of alkyl halides is 1. The monoisotopic (exact) mass is 240 g/mol. The number of hydrogen-bond acceptors (Lipinski definition) is 2. The normalized spacial score (nSPS) is 25.7. The lowest BCUT2D eigenvalue weighted by Crippen LogP contribution is -2.34. The fraction of sp³-hybridized carbons (Fsp3) is 0.538. The number of benzene rings is 1. The van der Waals surface area contributed by atoms with E-state index in [0.717, 1.165) is 18.7 Å². The van der Waals surface area contributed by atoms with Gasteiger partial charge in [0.2, 0.25) is 0 Å². The molecule has 0 bridgehead atoms. The summed E-state index contributed by atoms with van der Waals surface area (Å²) in [6.45, 7) is 1.43. The molecule has 0 spiro atoms. The molecule has 1 fully saturated rings. The molecule has 94 valence electrons.